The second-order valence-electron chi connectivity index (χ2n) is 5.80. The summed E-state index contributed by atoms with van der Waals surface area (Å²) >= 11 is 1.25. The number of aliphatic hydroxyl groups is 1. The minimum Gasteiger partial charge on any atom is -0.394 e. The topological polar surface area (TPSA) is 98.0 Å². The molecule has 28 heavy (non-hydrogen) atoms. The highest BCUT2D eigenvalue weighted by Crippen LogP contribution is 2.25. The number of hydrogen-bond acceptors (Lipinski definition) is 5. The summed E-state index contributed by atoms with van der Waals surface area (Å²) < 4.78 is 0. The van der Waals surface area contributed by atoms with Crippen LogP contribution in [0, 0.1) is 23.7 Å². The van der Waals surface area contributed by atoms with Crippen molar-refractivity contribution in [3.05, 3.63) is 70.0 Å². The van der Waals surface area contributed by atoms with E-state index in [1.165, 1.54) is 11.3 Å². The van der Waals surface area contributed by atoms with E-state index in [-0.39, 0.29) is 6.61 Å². The normalized spacial score (nSPS) is 11.1. The molecule has 0 saturated carbocycles. The van der Waals surface area contributed by atoms with Crippen molar-refractivity contribution in [3.8, 4) is 29.5 Å². The summed E-state index contributed by atoms with van der Waals surface area (Å²) in [5.41, 5.74) is 3.03. The van der Waals surface area contributed by atoms with Gasteiger partial charge >= 0.3 is 6.03 Å². The number of carbonyl (C=O) groups is 1. The van der Waals surface area contributed by atoms with Crippen LogP contribution in [0.2, 0.25) is 0 Å². The van der Waals surface area contributed by atoms with Gasteiger partial charge in [-0.15, -0.1) is 17.8 Å². The maximum absolute atomic E-state index is 12.2. The van der Waals surface area contributed by atoms with Gasteiger partial charge in [0, 0.05) is 5.38 Å². The second-order valence-corrected chi connectivity index (χ2v) is 6.65. The first-order valence-corrected chi connectivity index (χ1v) is 9.22. The number of thiazole rings is 1. The number of terminal acetylenes is 1. The predicted molar refractivity (Wildman–Crippen MR) is 109 cm³/mol. The quantitative estimate of drug-likeness (QED) is 0.583. The van der Waals surface area contributed by atoms with Crippen LogP contribution in [0.1, 0.15) is 22.2 Å². The molecule has 0 aliphatic heterocycles. The van der Waals surface area contributed by atoms with Crippen molar-refractivity contribution in [2.24, 2.45) is 0 Å². The predicted octanol–water partition coefficient (Wildman–Crippen LogP) is 3.52. The van der Waals surface area contributed by atoms with E-state index < -0.39 is 12.1 Å². The smallest absolute Gasteiger partial charge is 0.320 e. The maximum atomic E-state index is 12.2. The van der Waals surface area contributed by atoms with Gasteiger partial charge in [0.2, 0.25) is 0 Å². The number of nitrogens with zero attached hydrogens (tertiary/aromatic N) is 2. The Morgan fingerprint density at radius 2 is 2.00 bits per heavy atom. The zero-order valence-corrected chi connectivity index (χ0v) is 15.5. The summed E-state index contributed by atoms with van der Waals surface area (Å²) in [6.45, 7) is -0.270. The fourth-order valence-electron chi connectivity index (χ4n) is 2.67. The zero-order valence-electron chi connectivity index (χ0n) is 14.7. The lowest BCUT2D eigenvalue weighted by Gasteiger charge is -2.17. The van der Waals surface area contributed by atoms with Crippen LogP contribution < -0.4 is 10.6 Å². The van der Waals surface area contributed by atoms with Crippen molar-refractivity contribution >= 4 is 23.2 Å². The Hall–Kier alpha value is -3.65. The number of hydrogen-bond donors (Lipinski definition) is 3. The van der Waals surface area contributed by atoms with Crippen molar-refractivity contribution in [1.29, 1.82) is 5.26 Å². The van der Waals surface area contributed by atoms with E-state index in [0.717, 1.165) is 16.7 Å². The van der Waals surface area contributed by atoms with Gasteiger partial charge in [-0.25, -0.2) is 9.78 Å². The first-order valence-electron chi connectivity index (χ1n) is 8.34. The summed E-state index contributed by atoms with van der Waals surface area (Å²) in [6.07, 6.45) is 5.26. The molecule has 1 aromatic heterocycles. The number of urea groups is 1. The first kappa shape index (κ1) is 19.1. The highest BCUT2D eigenvalue weighted by atomic mass is 32.1. The minimum absolute atomic E-state index is 0.270. The monoisotopic (exact) mass is 388 g/mol. The number of carbonyl (C=O) groups excluding carboxylic acids is 1. The lowest BCUT2D eigenvalue weighted by atomic mass is 9.98. The van der Waals surface area contributed by atoms with Gasteiger partial charge in [-0.05, 0) is 28.7 Å². The molecule has 2 aromatic carbocycles. The van der Waals surface area contributed by atoms with Crippen molar-refractivity contribution in [2.75, 3.05) is 11.9 Å². The van der Waals surface area contributed by atoms with Gasteiger partial charge in [0.05, 0.1) is 24.3 Å². The number of amides is 2. The highest BCUT2D eigenvalue weighted by molar-refractivity contribution is 7.10. The van der Waals surface area contributed by atoms with Crippen molar-refractivity contribution in [2.45, 2.75) is 6.04 Å². The number of anilines is 1. The molecule has 0 aliphatic rings. The van der Waals surface area contributed by atoms with E-state index in [1.54, 1.807) is 11.4 Å². The van der Waals surface area contributed by atoms with Gasteiger partial charge < -0.3 is 10.4 Å². The maximum Gasteiger partial charge on any atom is 0.320 e. The summed E-state index contributed by atoms with van der Waals surface area (Å²) in [4.78, 5) is 16.2. The Labute approximate surface area is 166 Å². The molecule has 2 amide bonds. The van der Waals surface area contributed by atoms with E-state index in [4.69, 9.17) is 6.42 Å². The van der Waals surface area contributed by atoms with Gasteiger partial charge in [-0.3, -0.25) is 5.32 Å². The average Bonchev–Trinajstić information content (AvgIpc) is 3.19. The molecule has 3 rings (SSSR count). The van der Waals surface area contributed by atoms with Crippen LogP contribution in [0.3, 0.4) is 0 Å². The molecule has 3 aromatic rings. The SMILES string of the molecule is C#Cc1nc(NC(=O)N[C@@H](CO)c2ccc(-c3ccccc3C#N)cc2)cs1. The molecule has 0 saturated heterocycles. The fraction of sp³-hybridized carbons (Fsp3) is 0.0952. The number of aliphatic hydroxyl groups excluding tert-OH is 1. The van der Waals surface area contributed by atoms with Crippen molar-refractivity contribution < 1.29 is 9.90 Å². The van der Waals surface area contributed by atoms with Crippen LogP contribution >= 0.6 is 11.3 Å². The van der Waals surface area contributed by atoms with E-state index in [1.807, 2.05) is 42.5 Å². The molecular weight excluding hydrogens is 372 g/mol. The molecule has 0 bridgehead atoms. The third-order valence-corrected chi connectivity index (χ3v) is 4.80. The van der Waals surface area contributed by atoms with E-state index >= 15 is 0 Å². The summed E-state index contributed by atoms with van der Waals surface area (Å²) in [7, 11) is 0. The van der Waals surface area contributed by atoms with Crippen LogP contribution in [-0.2, 0) is 0 Å². The molecule has 1 atom stereocenters. The number of rotatable bonds is 5. The Balaban J connectivity index is 1.71. The summed E-state index contributed by atoms with van der Waals surface area (Å²) in [5.74, 6) is 2.76. The molecular formula is C21H16N4O2S. The van der Waals surface area contributed by atoms with Crippen molar-refractivity contribution in [1.82, 2.24) is 10.3 Å². The fourth-order valence-corrected chi connectivity index (χ4v) is 3.22. The van der Waals surface area contributed by atoms with E-state index in [0.29, 0.717) is 16.4 Å². The van der Waals surface area contributed by atoms with Gasteiger partial charge in [-0.1, -0.05) is 42.5 Å². The highest BCUT2D eigenvalue weighted by Gasteiger charge is 2.15. The van der Waals surface area contributed by atoms with Gasteiger partial charge in [0.25, 0.3) is 0 Å². The largest absolute Gasteiger partial charge is 0.394 e. The Morgan fingerprint density at radius 3 is 2.64 bits per heavy atom. The van der Waals surface area contributed by atoms with Gasteiger partial charge in [0.1, 0.15) is 5.82 Å². The molecule has 0 radical (unpaired) electrons. The molecule has 3 N–H and O–H groups in total. The summed E-state index contributed by atoms with van der Waals surface area (Å²) in [5, 5.41) is 26.3. The molecule has 0 fully saturated rings. The number of nitriles is 1. The third-order valence-electron chi connectivity index (χ3n) is 4.03. The molecule has 0 unspecified atom stereocenters. The molecule has 0 spiro atoms. The minimum atomic E-state index is -0.592. The van der Waals surface area contributed by atoms with Crippen molar-refractivity contribution in [3.63, 3.8) is 0 Å². The van der Waals surface area contributed by atoms with Crippen LogP contribution in [0.15, 0.2) is 53.9 Å². The van der Waals surface area contributed by atoms with Gasteiger partial charge in [-0.2, -0.15) is 5.26 Å². The van der Waals surface area contributed by atoms with E-state index in [2.05, 4.69) is 27.6 Å². The molecule has 1 heterocycles. The average molecular weight is 388 g/mol. The molecule has 7 heteroatoms. The first-order chi connectivity index (χ1) is 13.6. The Morgan fingerprint density at radius 1 is 1.25 bits per heavy atom. The third kappa shape index (κ3) is 4.36. The lowest BCUT2D eigenvalue weighted by Crippen LogP contribution is -2.34. The van der Waals surface area contributed by atoms with Crippen LogP contribution in [0.25, 0.3) is 11.1 Å². The van der Waals surface area contributed by atoms with Gasteiger partial charge in [0.15, 0.2) is 5.01 Å². The Bertz CT molecular complexity index is 1060. The van der Waals surface area contributed by atoms with Crippen LogP contribution in [-0.4, -0.2) is 22.7 Å². The number of benzene rings is 2. The Kier molecular flexibility index (Phi) is 6.03. The molecule has 6 nitrogen and oxygen atoms in total. The van der Waals surface area contributed by atoms with Crippen LogP contribution in [0.4, 0.5) is 10.6 Å². The van der Waals surface area contributed by atoms with Crippen LogP contribution in [0.5, 0.6) is 0 Å². The second kappa shape index (κ2) is 8.83. The zero-order chi connectivity index (χ0) is 19.9. The number of nitrogens with one attached hydrogen (secondary N) is 2. The summed E-state index contributed by atoms with van der Waals surface area (Å²) in [6, 6.07) is 15.7. The number of aromatic nitrogens is 1. The lowest BCUT2D eigenvalue weighted by molar-refractivity contribution is 0.225. The standard InChI is InChI=1S/C21H16N4O2S/c1-2-20-24-19(13-28-20)25-21(27)23-18(12-26)15-9-7-14(8-10-15)17-6-4-3-5-16(17)11-22/h1,3-10,13,18,26H,12H2,(H2,23,25,27)/t18-/m0/s1. The molecule has 138 valence electrons. The molecule has 0 aliphatic carbocycles. The van der Waals surface area contributed by atoms with E-state index in [9.17, 15) is 15.2 Å².